The number of hydrogen-bond donors (Lipinski definition) is 1. The summed E-state index contributed by atoms with van der Waals surface area (Å²) in [6.07, 6.45) is 0. The van der Waals surface area contributed by atoms with Crippen molar-refractivity contribution in [3.63, 3.8) is 0 Å². The van der Waals surface area contributed by atoms with Gasteiger partial charge >= 0.3 is 0 Å². The number of carbonyl (C=O) groups is 2. The number of rotatable bonds is 5. The molecule has 2 aromatic carbocycles. The van der Waals surface area contributed by atoms with Crippen LogP contribution in [0, 0.1) is 12.7 Å². The van der Waals surface area contributed by atoms with Gasteiger partial charge in [0.2, 0.25) is 5.91 Å². The zero-order chi connectivity index (χ0) is 22.7. The Labute approximate surface area is 190 Å². The summed E-state index contributed by atoms with van der Waals surface area (Å²) in [7, 11) is 0. The molecule has 0 radical (unpaired) electrons. The van der Waals surface area contributed by atoms with Gasteiger partial charge in [0.15, 0.2) is 0 Å². The molecule has 1 N–H and O–H groups in total. The van der Waals surface area contributed by atoms with Crippen molar-refractivity contribution in [1.82, 2.24) is 19.6 Å². The molecule has 3 aromatic rings. The molecule has 1 fully saturated rings. The smallest absolute Gasteiger partial charge is 0.255 e. The highest BCUT2D eigenvalue weighted by Gasteiger charge is 2.24. The number of anilines is 1. The minimum absolute atomic E-state index is 0.0987. The van der Waals surface area contributed by atoms with Crippen LogP contribution < -0.4 is 5.32 Å². The summed E-state index contributed by atoms with van der Waals surface area (Å²) in [4.78, 5) is 29.1. The normalized spacial score (nSPS) is 14.4. The second kappa shape index (κ2) is 9.50. The Bertz CT molecular complexity index is 1120. The van der Waals surface area contributed by atoms with Gasteiger partial charge in [-0.05, 0) is 43.3 Å². The van der Waals surface area contributed by atoms with E-state index in [-0.39, 0.29) is 24.2 Å². The standard InChI is InChI=1S/C23H23ClFN5O2/c1-16-14-21(30(27-16)18-8-6-17(25)7-9-18)26-22(31)15-28-10-12-29(13-11-28)23(32)19-4-2-3-5-20(19)24/h2-9,14H,10-13,15H2,1H3,(H,26,31). The zero-order valence-corrected chi connectivity index (χ0v) is 18.3. The van der Waals surface area contributed by atoms with E-state index in [0.717, 1.165) is 5.69 Å². The highest BCUT2D eigenvalue weighted by molar-refractivity contribution is 6.33. The number of halogens is 2. The van der Waals surface area contributed by atoms with Crippen LogP contribution in [0.4, 0.5) is 10.2 Å². The van der Waals surface area contributed by atoms with Gasteiger partial charge in [-0.3, -0.25) is 14.5 Å². The molecule has 9 heteroatoms. The first kappa shape index (κ1) is 22.0. The Kier molecular flexibility index (Phi) is 6.53. The Morgan fingerprint density at radius 1 is 1.06 bits per heavy atom. The average Bonchev–Trinajstić information content (AvgIpc) is 3.14. The van der Waals surface area contributed by atoms with E-state index in [1.807, 2.05) is 11.8 Å². The van der Waals surface area contributed by atoms with Gasteiger partial charge in [0, 0.05) is 32.2 Å². The number of nitrogens with zero attached hydrogens (tertiary/aromatic N) is 4. The van der Waals surface area contributed by atoms with Crippen molar-refractivity contribution in [3.8, 4) is 5.69 Å². The molecule has 0 atom stereocenters. The SMILES string of the molecule is Cc1cc(NC(=O)CN2CCN(C(=O)c3ccccc3Cl)CC2)n(-c2ccc(F)cc2)n1. The van der Waals surface area contributed by atoms with E-state index in [4.69, 9.17) is 11.6 Å². The van der Waals surface area contributed by atoms with Gasteiger partial charge in [-0.2, -0.15) is 5.10 Å². The summed E-state index contributed by atoms with van der Waals surface area (Å²) < 4.78 is 14.8. The van der Waals surface area contributed by atoms with Gasteiger partial charge in [-0.1, -0.05) is 23.7 Å². The minimum Gasteiger partial charge on any atom is -0.336 e. The van der Waals surface area contributed by atoms with Gasteiger partial charge in [0.05, 0.1) is 28.5 Å². The number of aryl methyl sites for hydroxylation is 1. The number of aromatic nitrogens is 2. The third-order valence-electron chi connectivity index (χ3n) is 5.30. The number of amides is 2. The largest absolute Gasteiger partial charge is 0.336 e. The van der Waals surface area contributed by atoms with Crippen molar-refractivity contribution < 1.29 is 14.0 Å². The summed E-state index contributed by atoms with van der Waals surface area (Å²) >= 11 is 6.14. The molecular weight excluding hydrogens is 433 g/mol. The summed E-state index contributed by atoms with van der Waals surface area (Å²) in [6.45, 7) is 4.22. The molecule has 1 aliphatic rings. The lowest BCUT2D eigenvalue weighted by molar-refractivity contribution is -0.117. The van der Waals surface area contributed by atoms with E-state index in [1.54, 1.807) is 52.0 Å². The van der Waals surface area contributed by atoms with E-state index in [2.05, 4.69) is 10.4 Å². The molecule has 166 valence electrons. The maximum Gasteiger partial charge on any atom is 0.255 e. The van der Waals surface area contributed by atoms with Crippen LogP contribution >= 0.6 is 11.6 Å². The Balaban J connectivity index is 1.34. The lowest BCUT2D eigenvalue weighted by Crippen LogP contribution is -2.50. The summed E-state index contributed by atoms with van der Waals surface area (Å²) in [5, 5.41) is 7.71. The molecule has 4 rings (SSSR count). The van der Waals surface area contributed by atoms with E-state index in [9.17, 15) is 14.0 Å². The van der Waals surface area contributed by atoms with Crippen LogP contribution in [0.1, 0.15) is 16.1 Å². The number of piperazine rings is 1. The van der Waals surface area contributed by atoms with Crippen LogP contribution in [0.2, 0.25) is 5.02 Å². The van der Waals surface area contributed by atoms with Crippen LogP contribution in [0.25, 0.3) is 5.69 Å². The first-order chi connectivity index (χ1) is 15.4. The van der Waals surface area contributed by atoms with E-state index >= 15 is 0 Å². The Morgan fingerprint density at radius 3 is 2.44 bits per heavy atom. The lowest BCUT2D eigenvalue weighted by Gasteiger charge is -2.34. The van der Waals surface area contributed by atoms with Crippen molar-refractivity contribution in [2.75, 3.05) is 38.0 Å². The van der Waals surface area contributed by atoms with Crippen LogP contribution in [0.15, 0.2) is 54.6 Å². The van der Waals surface area contributed by atoms with E-state index in [1.165, 1.54) is 12.1 Å². The first-order valence-corrected chi connectivity index (χ1v) is 10.7. The minimum atomic E-state index is -0.338. The number of benzene rings is 2. The molecule has 1 saturated heterocycles. The molecule has 0 saturated carbocycles. The van der Waals surface area contributed by atoms with Gasteiger partial charge in [0.25, 0.3) is 5.91 Å². The monoisotopic (exact) mass is 455 g/mol. The molecular formula is C23H23ClFN5O2. The maximum atomic E-state index is 13.2. The van der Waals surface area contributed by atoms with Crippen LogP contribution in [-0.2, 0) is 4.79 Å². The highest BCUT2D eigenvalue weighted by Crippen LogP contribution is 2.19. The molecule has 32 heavy (non-hydrogen) atoms. The van der Waals surface area contributed by atoms with Gasteiger partial charge in [-0.25, -0.2) is 9.07 Å². The molecule has 2 amide bonds. The predicted molar refractivity (Wildman–Crippen MR) is 121 cm³/mol. The molecule has 7 nitrogen and oxygen atoms in total. The molecule has 0 bridgehead atoms. The molecule has 0 spiro atoms. The third kappa shape index (κ3) is 4.98. The summed E-state index contributed by atoms with van der Waals surface area (Å²) in [5.41, 5.74) is 1.88. The highest BCUT2D eigenvalue weighted by atomic mass is 35.5. The van der Waals surface area contributed by atoms with Crippen LogP contribution in [0.3, 0.4) is 0 Å². The molecule has 0 aliphatic carbocycles. The number of nitrogens with one attached hydrogen (secondary N) is 1. The van der Waals surface area contributed by atoms with Crippen molar-refractivity contribution in [1.29, 1.82) is 0 Å². The summed E-state index contributed by atoms with van der Waals surface area (Å²) in [6, 6.07) is 14.7. The van der Waals surface area contributed by atoms with Crippen molar-refractivity contribution in [3.05, 3.63) is 76.7 Å². The van der Waals surface area contributed by atoms with Gasteiger partial charge in [-0.15, -0.1) is 0 Å². The Hall–Kier alpha value is -3.23. The fraction of sp³-hybridized carbons (Fsp3) is 0.261. The summed E-state index contributed by atoms with van der Waals surface area (Å²) in [5.74, 6) is -0.0977. The first-order valence-electron chi connectivity index (χ1n) is 10.3. The van der Waals surface area contributed by atoms with Crippen LogP contribution in [0.5, 0.6) is 0 Å². The second-order valence-electron chi connectivity index (χ2n) is 7.66. The molecule has 1 aliphatic heterocycles. The molecule has 1 aromatic heterocycles. The molecule has 0 unspecified atom stereocenters. The Morgan fingerprint density at radius 2 is 1.75 bits per heavy atom. The second-order valence-corrected chi connectivity index (χ2v) is 8.06. The fourth-order valence-corrected chi connectivity index (χ4v) is 3.88. The average molecular weight is 456 g/mol. The van der Waals surface area contributed by atoms with Gasteiger partial charge < -0.3 is 10.2 Å². The quantitative estimate of drug-likeness (QED) is 0.640. The maximum absolute atomic E-state index is 13.2. The number of carbonyl (C=O) groups excluding carboxylic acids is 2. The topological polar surface area (TPSA) is 70.5 Å². The van der Waals surface area contributed by atoms with Crippen molar-refractivity contribution in [2.45, 2.75) is 6.92 Å². The van der Waals surface area contributed by atoms with Crippen molar-refractivity contribution >= 4 is 29.2 Å². The van der Waals surface area contributed by atoms with Gasteiger partial charge in [0.1, 0.15) is 11.6 Å². The third-order valence-corrected chi connectivity index (χ3v) is 5.63. The molecule has 2 heterocycles. The zero-order valence-electron chi connectivity index (χ0n) is 17.6. The van der Waals surface area contributed by atoms with E-state index in [0.29, 0.717) is 48.3 Å². The van der Waals surface area contributed by atoms with E-state index < -0.39 is 0 Å². The lowest BCUT2D eigenvalue weighted by atomic mass is 10.2. The number of hydrogen-bond acceptors (Lipinski definition) is 4. The predicted octanol–water partition coefficient (Wildman–Crippen LogP) is 3.37. The fourth-order valence-electron chi connectivity index (χ4n) is 3.67. The van der Waals surface area contributed by atoms with Crippen molar-refractivity contribution in [2.24, 2.45) is 0 Å². The van der Waals surface area contributed by atoms with Crippen LogP contribution in [-0.4, -0.2) is 64.1 Å².